The molecule has 3 atom stereocenters. The first-order valence-corrected chi connectivity index (χ1v) is 3.37. The number of halogens is 1. The molecule has 2 aliphatic rings. The maximum Gasteiger partial charge on any atom is 0.0730 e. The smallest absolute Gasteiger partial charge is 0.0730 e. The Morgan fingerprint density at radius 3 is 2.90 bits per heavy atom. The van der Waals surface area contributed by atoms with Gasteiger partial charge in [-0.25, -0.2) is 0 Å². The molecule has 3 nitrogen and oxygen atoms in total. The van der Waals surface area contributed by atoms with E-state index in [0.717, 1.165) is 19.8 Å². The highest BCUT2D eigenvalue weighted by molar-refractivity contribution is 5.85. The van der Waals surface area contributed by atoms with Gasteiger partial charge in [0.2, 0.25) is 0 Å². The lowest BCUT2D eigenvalue weighted by molar-refractivity contribution is 0.107. The molecule has 0 unspecified atom stereocenters. The van der Waals surface area contributed by atoms with Crippen LogP contribution in [0.25, 0.3) is 0 Å². The maximum absolute atomic E-state index is 9.26. The maximum atomic E-state index is 9.26. The van der Waals surface area contributed by atoms with Crippen LogP contribution in [0.15, 0.2) is 0 Å². The average molecular weight is 166 g/mol. The number of hydrogen-bond donors (Lipinski definition) is 2. The molecule has 2 rings (SSSR count). The zero-order valence-corrected chi connectivity index (χ0v) is 6.43. The minimum absolute atomic E-state index is 0. The predicted octanol–water partition coefficient (Wildman–Crippen LogP) is -0.613. The third-order valence-corrected chi connectivity index (χ3v) is 2.21. The minimum Gasteiger partial charge on any atom is -0.391 e. The van der Waals surface area contributed by atoms with Crippen LogP contribution in [-0.2, 0) is 4.74 Å². The molecule has 0 amide bonds. The van der Waals surface area contributed by atoms with Crippen LogP contribution in [0.4, 0.5) is 0 Å². The van der Waals surface area contributed by atoms with Crippen molar-refractivity contribution in [3.63, 3.8) is 0 Å². The van der Waals surface area contributed by atoms with E-state index in [1.165, 1.54) is 0 Å². The minimum atomic E-state index is -0.169. The number of aliphatic hydroxyl groups is 1. The Bertz CT molecular complexity index is 122. The van der Waals surface area contributed by atoms with Gasteiger partial charge in [0.15, 0.2) is 0 Å². The monoisotopic (exact) mass is 165 g/mol. The number of rotatable bonds is 0. The Morgan fingerprint density at radius 2 is 2.20 bits per heavy atom. The van der Waals surface area contributed by atoms with Crippen molar-refractivity contribution in [2.75, 3.05) is 19.8 Å². The summed E-state index contributed by atoms with van der Waals surface area (Å²) in [5, 5.41) is 12.5. The van der Waals surface area contributed by atoms with Gasteiger partial charge in [0.05, 0.1) is 19.3 Å². The summed E-state index contributed by atoms with van der Waals surface area (Å²) in [6.45, 7) is 2.26. The number of hydrogen-bond acceptors (Lipinski definition) is 3. The van der Waals surface area contributed by atoms with E-state index in [-0.39, 0.29) is 18.5 Å². The molecule has 0 aliphatic carbocycles. The van der Waals surface area contributed by atoms with Gasteiger partial charge in [-0.15, -0.1) is 12.4 Å². The van der Waals surface area contributed by atoms with Crippen LogP contribution in [0.3, 0.4) is 0 Å². The number of β-amino-alcohol motifs (C(OH)–C–C–N with tert-alkyl or cyclic N) is 1. The van der Waals surface area contributed by atoms with E-state index in [0.29, 0.717) is 12.0 Å². The van der Waals surface area contributed by atoms with Crippen molar-refractivity contribution < 1.29 is 9.84 Å². The molecule has 2 aliphatic heterocycles. The first kappa shape index (κ1) is 8.27. The van der Waals surface area contributed by atoms with Gasteiger partial charge in [0.1, 0.15) is 0 Å². The molecule has 2 heterocycles. The lowest BCUT2D eigenvalue weighted by Crippen LogP contribution is -2.26. The van der Waals surface area contributed by atoms with Crippen molar-refractivity contribution in [1.82, 2.24) is 5.32 Å². The Kier molecular flexibility index (Phi) is 2.52. The molecular weight excluding hydrogens is 154 g/mol. The number of aliphatic hydroxyl groups excluding tert-OH is 1. The van der Waals surface area contributed by atoms with Crippen molar-refractivity contribution in [3.8, 4) is 0 Å². The predicted molar refractivity (Wildman–Crippen MR) is 39.4 cm³/mol. The quantitative estimate of drug-likeness (QED) is 0.503. The second-order valence-corrected chi connectivity index (χ2v) is 2.78. The van der Waals surface area contributed by atoms with Crippen LogP contribution < -0.4 is 5.32 Å². The summed E-state index contributed by atoms with van der Waals surface area (Å²) >= 11 is 0. The Hall–Kier alpha value is 0.170. The largest absolute Gasteiger partial charge is 0.391 e. The van der Waals surface area contributed by atoms with Crippen molar-refractivity contribution >= 4 is 12.4 Å². The molecule has 0 bridgehead atoms. The zero-order valence-electron chi connectivity index (χ0n) is 5.62. The summed E-state index contributed by atoms with van der Waals surface area (Å²) < 4.78 is 5.16. The van der Waals surface area contributed by atoms with Crippen LogP contribution >= 0.6 is 12.4 Å². The van der Waals surface area contributed by atoms with Gasteiger partial charge in [-0.05, 0) is 0 Å². The first-order valence-electron chi connectivity index (χ1n) is 3.37. The van der Waals surface area contributed by atoms with Gasteiger partial charge in [0, 0.05) is 18.5 Å². The van der Waals surface area contributed by atoms with E-state index in [9.17, 15) is 5.11 Å². The van der Waals surface area contributed by atoms with E-state index >= 15 is 0 Å². The van der Waals surface area contributed by atoms with Crippen molar-refractivity contribution in [2.24, 2.45) is 5.92 Å². The number of ether oxygens (including phenoxy) is 1. The fourth-order valence-electron chi connectivity index (χ4n) is 1.58. The molecule has 0 radical (unpaired) electrons. The highest BCUT2D eigenvalue weighted by Crippen LogP contribution is 2.22. The summed E-state index contributed by atoms with van der Waals surface area (Å²) in [6, 6.07) is 0.431. The van der Waals surface area contributed by atoms with Crippen molar-refractivity contribution in [1.29, 1.82) is 0 Å². The molecule has 0 saturated carbocycles. The van der Waals surface area contributed by atoms with Crippen LogP contribution in [0.1, 0.15) is 0 Å². The van der Waals surface area contributed by atoms with Crippen LogP contribution in [0, 0.1) is 5.92 Å². The lowest BCUT2D eigenvalue weighted by atomic mass is 10.0. The molecular formula is C6H12ClNO2. The molecule has 2 N–H and O–H groups in total. The summed E-state index contributed by atoms with van der Waals surface area (Å²) in [5.74, 6) is 0.366. The molecule has 2 fully saturated rings. The topological polar surface area (TPSA) is 41.5 Å². The third-order valence-electron chi connectivity index (χ3n) is 2.21. The van der Waals surface area contributed by atoms with Crippen LogP contribution in [0.5, 0.6) is 0 Å². The second-order valence-electron chi connectivity index (χ2n) is 2.78. The number of fused-ring (bicyclic) bond motifs is 1. The fraction of sp³-hybridized carbons (Fsp3) is 1.00. The van der Waals surface area contributed by atoms with Gasteiger partial charge in [-0.2, -0.15) is 0 Å². The highest BCUT2D eigenvalue weighted by Gasteiger charge is 2.38. The van der Waals surface area contributed by atoms with Gasteiger partial charge in [-0.3, -0.25) is 0 Å². The highest BCUT2D eigenvalue weighted by atomic mass is 35.5. The van der Waals surface area contributed by atoms with Crippen molar-refractivity contribution in [2.45, 2.75) is 12.1 Å². The van der Waals surface area contributed by atoms with Gasteiger partial charge in [0.25, 0.3) is 0 Å². The summed E-state index contributed by atoms with van der Waals surface area (Å²) in [5.41, 5.74) is 0. The van der Waals surface area contributed by atoms with E-state index in [1.807, 2.05) is 0 Å². The van der Waals surface area contributed by atoms with Gasteiger partial charge < -0.3 is 15.2 Å². The molecule has 10 heavy (non-hydrogen) atoms. The van der Waals surface area contributed by atoms with Crippen molar-refractivity contribution in [3.05, 3.63) is 0 Å². The normalized spacial score (nSPS) is 44.7. The van der Waals surface area contributed by atoms with Gasteiger partial charge >= 0.3 is 0 Å². The molecule has 0 spiro atoms. The summed E-state index contributed by atoms with van der Waals surface area (Å²) in [4.78, 5) is 0. The van der Waals surface area contributed by atoms with Crippen LogP contribution in [-0.4, -0.2) is 37.0 Å². The van der Waals surface area contributed by atoms with E-state index in [1.54, 1.807) is 0 Å². The zero-order chi connectivity index (χ0) is 6.27. The SMILES string of the molecule is Cl.O[C@H]1CN[C@@H]2COC[C@H]12. The molecule has 60 valence electrons. The molecule has 0 aromatic heterocycles. The lowest BCUT2D eigenvalue weighted by Gasteiger charge is -2.07. The molecule has 4 heteroatoms. The standard InChI is InChI=1S/C6H11NO2.ClH/c8-6-1-7-5-3-9-2-4(5)6;/h4-8H,1-3H2;1H/t4-,5+,6-;/m0./s1. The Labute approximate surface area is 66.2 Å². The first-order chi connectivity index (χ1) is 4.38. The van der Waals surface area contributed by atoms with E-state index in [4.69, 9.17) is 4.74 Å². The molecule has 0 aromatic rings. The molecule has 0 aromatic carbocycles. The van der Waals surface area contributed by atoms with E-state index in [2.05, 4.69) is 5.32 Å². The Balaban J connectivity index is 0.000000500. The Morgan fingerprint density at radius 1 is 1.40 bits per heavy atom. The van der Waals surface area contributed by atoms with Crippen LogP contribution in [0.2, 0.25) is 0 Å². The number of nitrogens with one attached hydrogen (secondary N) is 1. The van der Waals surface area contributed by atoms with E-state index < -0.39 is 0 Å². The molecule has 2 saturated heterocycles. The average Bonchev–Trinajstić information content (AvgIpc) is 2.35. The fourth-order valence-corrected chi connectivity index (χ4v) is 1.58. The summed E-state index contributed by atoms with van der Waals surface area (Å²) in [6.07, 6.45) is -0.169. The summed E-state index contributed by atoms with van der Waals surface area (Å²) in [7, 11) is 0. The van der Waals surface area contributed by atoms with Gasteiger partial charge in [-0.1, -0.05) is 0 Å². The second kappa shape index (κ2) is 3.05. The third kappa shape index (κ3) is 1.14.